The predicted molar refractivity (Wildman–Crippen MR) is 43.6 cm³/mol. The van der Waals surface area contributed by atoms with Gasteiger partial charge in [0.25, 0.3) is 0 Å². The van der Waals surface area contributed by atoms with E-state index in [0.717, 1.165) is 0 Å². The van der Waals surface area contributed by atoms with E-state index < -0.39 is 13.7 Å². The van der Waals surface area contributed by atoms with Gasteiger partial charge in [-0.2, -0.15) is 0 Å². The van der Waals surface area contributed by atoms with E-state index in [0.29, 0.717) is 4.47 Å². The van der Waals surface area contributed by atoms with Crippen LogP contribution in [0.5, 0.6) is 0 Å². The van der Waals surface area contributed by atoms with Crippen LogP contribution in [0.15, 0.2) is 22.7 Å². The monoisotopic (exact) mass is 190 g/mol. The van der Waals surface area contributed by atoms with E-state index in [-0.39, 0.29) is 11.1 Å². The summed E-state index contributed by atoms with van der Waals surface area (Å²) < 4.78 is 43.7. The molecule has 1 aromatic rings. The smallest absolute Gasteiger partial charge is 0.0280 e. The minimum atomic E-state index is -2.29. The van der Waals surface area contributed by atoms with Crippen molar-refractivity contribution in [2.24, 2.45) is 0 Å². The topological polar surface area (TPSA) is 0 Å². The fourth-order valence-corrected chi connectivity index (χ4v) is 1.08. The zero-order valence-electron chi connectivity index (χ0n) is 10.6. The fourth-order valence-electron chi connectivity index (χ4n) is 0.590. The Morgan fingerprint density at radius 2 is 1.78 bits per heavy atom. The Balaban J connectivity index is 3.30. The molecule has 0 aliphatic rings. The zero-order valence-corrected chi connectivity index (χ0v) is 6.20. The van der Waals surface area contributed by atoms with Crippen LogP contribution in [-0.2, 0) is 0 Å². The van der Waals surface area contributed by atoms with Crippen LogP contribution in [0.25, 0.3) is 0 Å². The van der Waals surface area contributed by atoms with E-state index in [1.54, 1.807) is 0 Å². The van der Waals surface area contributed by atoms with E-state index in [2.05, 4.69) is 15.9 Å². The standard InChI is InChI=1S/C8H9Br/c1-6-3-7(2)5-8(9)4-6/h3-5H,1-2H3/i1D3,2D3. The Hall–Kier alpha value is -0.300. The molecule has 0 unspecified atom stereocenters. The lowest BCUT2D eigenvalue weighted by Gasteiger charge is -1.95. The first-order valence-electron chi connectivity index (χ1n) is 5.42. The molecule has 0 aliphatic carbocycles. The van der Waals surface area contributed by atoms with E-state index in [4.69, 9.17) is 8.22 Å². The van der Waals surface area contributed by atoms with Gasteiger partial charge in [-0.3, -0.25) is 0 Å². The highest BCUT2D eigenvalue weighted by Crippen LogP contribution is 2.13. The van der Waals surface area contributed by atoms with Crippen LogP contribution in [0.4, 0.5) is 0 Å². The largest absolute Gasteiger partial charge is 0.0563 e. The molecule has 0 N–H and O–H groups in total. The van der Waals surface area contributed by atoms with Crippen molar-refractivity contribution < 1.29 is 8.22 Å². The molecule has 0 aromatic heterocycles. The lowest BCUT2D eigenvalue weighted by molar-refractivity contribution is 1.37. The lowest BCUT2D eigenvalue weighted by atomic mass is 10.2. The Morgan fingerprint density at radius 3 is 2.22 bits per heavy atom. The molecule has 0 amide bonds. The molecule has 0 nitrogen and oxygen atoms in total. The summed E-state index contributed by atoms with van der Waals surface area (Å²) in [6.07, 6.45) is 0. The number of hydrogen-bond donors (Lipinski definition) is 0. The molecule has 0 heterocycles. The van der Waals surface area contributed by atoms with Gasteiger partial charge >= 0.3 is 0 Å². The summed E-state index contributed by atoms with van der Waals surface area (Å²) in [4.78, 5) is 0. The quantitative estimate of drug-likeness (QED) is 0.591. The van der Waals surface area contributed by atoms with E-state index in [1.165, 1.54) is 18.2 Å². The highest BCUT2D eigenvalue weighted by atomic mass is 79.9. The second-order valence-corrected chi connectivity index (χ2v) is 2.64. The molecule has 0 aliphatic heterocycles. The molecule has 0 saturated heterocycles. The summed E-state index contributed by atoms with van der Waals surface area (Å²) in [7, 11) is 0. The lowest BCUT2D eigenvalue weighted by Crippen LogP contribution is -1.74. The predicted octanol–water partition coefficient (Wildman–Crippen LogP) is 3.07. The highest BCUT2D eigenvalue weighted by Gasteiger charge is 1.88. The Kier molecular flexibility index (Phi) is 0.670. The van der Waals surface area contributed by atoms with Gasteiger partial charge in [0.2, 0.25) is 0 Å². The van der Waals surface area contributed by atoms with E-state index in [1.807, 2.05) is 0 Å². The molecule has 1 rings (SSSR count). The van der Waals surface area contributed by atoms with Crippen molar-refractivity contribution in [1.29, 1.82) is 0 Å². The highest BCUT2D eigenvalue weighted by molar-refractivity contribution is 9.10. The average Bonchev–Trinajstić information content (AvgIpc) is 1.99. The molecule has 1 heteroatoms. The van der Waals surface area contributed by atoms with Crippen LogP contribution in [0.1, 0.15) is 19.4 Å². The number of rotatable bonds is 0. The second-order valence-electron chi connectivity index (χ2n) is 1.73. The van der Waals surface area contributed by atoms with Gasteiger partial charge in [-0.25, -0.2) is 0 Å². The first-order chi connectivity index (χ1) is 6.60. The van der Waals surface area contributed by atoms with Crippen LogP contribution in [0.3, 0.4) is 0 Å². The summed E-state index contributed by atoms with van der Waals surface area (Å²) in [5, 5.41) is 0. The number of benzene rings is 1. The Labute approximate surface area is 72.5 Å². The fraction of sp³-hybridized carbons (Fsp3) is 0.250. The molecule has 9 heavy (non-hydrogen) atoms. The van der Waals surface area contributed by atoms with Crippen molar-refractivity contribution >= 4 is 15.9 Å². The number of aryl methyl sites for hydroxylation is 2. The van der Waals surface area contributed by atoms with Crippen LogP contribution in [-0.4, -0.2) is 0 Å². The number of halogens is 1. The minimum Gasteiger partial charge on any atom is -0.0563 e. The van der Waals surface area contributed by atoms with Gasteiger partial charge in [0, 0.05) is 12.7 Å². The van der Waals surface area contributed by atoms with Crippen molar-refractivity contribution in [3.63, 3.8) is 0 Å². The molecule has 48 valence electrons. The van der Waals surface area contributed by atoms with Gasteiger partial charge in [0.1, 0.15) is 0 Å². The van der Waals surface area contributed by atoms with Gasteiger partial charge in [0.15, 0.2) is 0 Å². The third kappa shape index (κ3) is 1.83. The minimum absolute atomic E-state index is 0.0306. The molecular formula is C8H9Br. The average molecular weight is 191 g/mol. The SMILES string of the molecule is [2H]C([2H])([2H])c1cc(Br)cc(C([2H])([2H])[2H])c1. The van der Waals surface area contributed by atoms with Gasteiger partial charge in [0.05, 0.1) is 0 Å². The van der Waals surface area contributed by atoms with E-state index >= 15 is 0 Å². The first-order valence-corrected chi connectivity index (χ1v) is 3.21. The molecule has 0 spiro atoms. The molecule has 0 atom stereocenters. The van der Waals surface area contributed by atoms with Crippen molar-refractivity contribution in [2.75, 3.05) is 0 Å². The second kappa shape index (κ2) is 2.53. The molecule has 0 saturated carbocycles. The van der Waals surface area contributed by atoms with Crippen molar-refractivity contribution in [3.05, 3.63) is 33.8 Å². The van der Waals surface area contributed by atoms with Gasteiger partial charge in [-0.05, 0) is 37.0 Å². The summed E-state index contributed by atoms with van der Waals surface area (Å²) >= 11 is 3.10. The molecule has 1 aromatic carbocycles. The molecule has 0 fully saturated rings. The van der Waals surface area contributed by atoms with Crippen LogP contribution in [0, 0.1) is 13.7 Å². The van der Waals surface area contributed by atoms with Gasteiger partial charge < -0.3 is 0 Å². The van der Waals surface area contributed by atoms with E-state index in [9.17, 15) is 0 Å². The van der Waals surface area contributed by atoms with Crippen LogP contribution >= 0.6 is 15.9 Å². The number of hydrogen-bond acceptors (Lipinski definition) is 0. The third-order valence-corrected chi connectivity index (χ3v) is 1.36. The summed E-state index contributed by atoms with van der Waals surface area (Å²) in [5.74, 6) is 0. The van der Waals surface area contributed by atoms with Gasteiger partial charge in [-0.15, -0.1) is 0 Å². The molecule has 0 radical (unpaired) electrons. The first kappa shape index (κ1) is 2.39. The maximum absolute atomic E-state index is 7.20. The maximum atomic E-state index is 7.20. The summed E-state index contributed by atoms with van der Waals surface area (Å²) in [5.41, 5.74) is 0.0611. The van der Waals surface area contributed by atoms with Crippen molar-refractivity contribution in [1.82, 2.24) is 0 Å². The maximum Gasteiger partial charge on any atom is 0.0280 e. The molecular weight excluding hydrogens is 176 g/mol. The normalized spacial score (nSPS) is 22.3. The summed E-state index contributed by atoms with van der Waals surface area (Å²) in [6, 6.07) is 4.01. The zero-order chi connectivity index (χ0) is 11.9. The Morgan fingerprint density at radius 1 is 1.22 bits per heavy atom. The van der Waals surface area contributed by atoms with Crippen LogP contribution < -0.4 is 0 Å². The van der Waals surface area contributed by atoms with Crippen LogP contribution in [0.2, 0.25) is 0 Å². The Bertz CT molecular complexity index is 332. The van der Waals surface area contributed by atoms with Crippen molar-refractivity contribution in [3.8, 4) is 0 Å². The molecule has 0 bridgehead atoms. The third-order valence-electron chi connectivity index (χ3n) is 0.898. The van der Waals surface area contributed by atoms with Crippen molar-refractivity contribution in [2.45, 2.75) is 13.7 Å². The van der Waals surface area contributed by atoms with Gasteiger partial charge in [-0.1, -0.05) is 22.0 Å². The summed E-state index contributed by atoms with van der Waals surface area (Å²) in [6.45, 7) is -4.58.